The van der Waals surface area contributed by atoms with Gasteiger partial charge in [-0.3, -0.25) is 4.79 Å². The van der Waals surface area contributed by atoms with Crippen molar-refractivity contribution >= 4 is 17.5 Å². The number of pyridine rings is 1. The van der Waals surface area contributed by atoms with Crippen molar-refractivity contribution in [2.75, 3.05) is 6.54 Å². The van der Waals surface area contributed by atoms with E-state index in [1.807, 2.05) is 11.0 Å². The fourth-order valence-electron chi connectivity index (χ4n) is 3.09. The van der Waals surface area contributed by atoms with Crippen molar-refractivity contribution in [1.82, 2.24) is 9.88 Å². The van der Waals surface area contributed by atoms with Crippen LogP contribution in [0.15, 0.2) is 12.1 Å². The van der Waals surface area contributed by atoms with Gasteiger partial charge >= 0.3 is 0 Å². The van der Waals surface area contributed by atoms with Crippen LogP contribution in [0.2, 0.25) is 5.15 Å². The molecule has 1 aliphatic heterocycles. The molecule has 4 heteroatoms. The molecule has 1 amide bonds. The first-order chi connectivity index (χ1) is 9.79. The molecule has 3 atom stereocenters. The Bertz CT molecular complexity index is 530. The molecule has 3 nitrogen and oxygen atoms in total. The van der Waals surface area contributed by atoms with Crippen LogP contribution in [0.25, 0.3) is 0 Å². The van der Waals surface area contributed by atoms with E-state index in [0.717, 1.165) is 12.2 Å². The highest BCUT2D eigenvalue weighted by Crippen LogP contribution is 2.29. The molecular weight excluding hydrogens is 284 g/mol. The molecule has 0 bridgehead atoms. The number of amides is 1. The number of carbonyl (C=O) groups is 1. The fourth-order valence-corrected chi connectivity index (χ4v) is 3.30. The molecule has 2 rings (SSSR count). The van der Waals surface area contributed by atoms with Gasteiger partial charge < -0.3 is 4.90 Å². The van der Waals surface area contributed by atoms with Crippen molar-refractivity contribution < 1.29 is 4.79 Å². The summed E-state index contributed by atoms with van der Waals surface area (Å²) < 4.78 is 0. The quantitative estimate of drug-likeness (QED) is 0.760. The van der Waals surface area contributed by atoms with Gasteiger partial charge in [0.1, 0.15) is 5.15 Å². The van der Waals surface area contributed by atoms with Crippen molar-refractivity contribution in [1.29, 1.82) is 0 Å². The molecule has 1 aliphatic rings. The molecule has 0 radical (unpaired) electrons. The number of likely N-dealkylation sites (tertiary alicyclic amines) is 1. The van der Waals surface area contributed by atoms with Crippen molar-refractivity contribution in [3.8, 4) is 0 Å². The van der Waals surface area contributed by atoms with Gasteiger partial charge in [0.25, 0.3) is 5.91 Å². The SMILES string of the molecule is CC1CC(C)C(C)N(C(=O)c2cc(Cl)nc(C(C)C)c2)C1. The van der Waals surface area contributed by atoms with Crippen molar-refractivity contribution in [3.05, 3.63) is 28.5 Å². The molecule has 21 heavy (non-hydrogen) atoms. The number of nitrogens with zero attached hydrogens (tertiary/aromatic N) is 2. The summed E-state index contributed by atoms with van der Waals surface area (Å²) in [6, 6.07) is 3.84. The summed E-state index contributed by atoms with van der Waals surface area (Å²) in [5.41, 5.74) is 1.53. The second-order valence-corrected chi connectivity index (χ2v) is 7.16. The second-order valence-electron chi connectivity index (χ2n) is 6.77. The second kappa shape index (κ2) is 6.35. The zero-order chi connectivity index (χ0) is 15.7. The molecule has 116 valence electrons. The van der Waals surface area contributed by atoms with E-state index >= 15 is 0 Å². The van der Waals surface area contributed by atoms with Gasteiger partial charge in [0.15, 0.2) is 0 Å². The largest absolute Gasteiger partial charge is 0.335 e. The molecule has 0 N–H and O–H groups in total. The molecular formula is C17H25ClN2O. The van der Waals surface area contributed by atoms with E-state index in [1.54, 1.807) is 6.07 Å². The van der Waals surface area contributed by atoms with Crippen LogP contribution in [-0.4, -0.2) is 28.4 Å². The molecule has 0 spiro atoms. The van der Waals surface area contributed by atoms with Crippen LogP contribution in [-0.2, 0) is 0 Å². The zero-order valence-electron chi connectivity index (χ0n) is 13.6. The van der Waals surface area contributed by atoms with Crippen molar-refractivity contribution in [3.63, 3.8) is 0 Å². The zero-order valence-corrected chi connectivity index (χ0v) is 14.3. The van der Waals surface area contributed by atoms with Gasteiger partial charge in [-0.1, -0.05) is 39.3 Å². The number of aromatic nitrogens is 1. The lowest BCUT2D eigenvalue weighted by molar-refractivity contribution is 0.0455. The van der Waals surface area contributed by atoms with Gasteiger partial charge in [-0.05, 0) is 43.2 Å². The maximum Gasteiger partial charge on any atom is 0.254 e. The first kappa shape index (κ1) is 16.3. The minimum Gasteiger partial charge on any atom is -0.335 e. The summed E-state index contributed by atoms with van der Waals surface area (Å²) in [6.45, 7) is 11.5. The highest BCUT2D eigenvalue weighted by atomic mass is 35.5. The molecule has 0 aromatic carbocycles. The average molecular weight is 309 g/mol. The average Bonchev–Trinajstić information content (AvgIpc) is 2.41. The van der Waals surface area contributed by atoms with Crippen molar-refractivity contribution in [2.24, 2.45) is 11.8 Å². The maximum absolute atomic E-state index is 12.9. The lowest BCUT2D eigenvalue weighted by Gasteiger charge is -2.41. The number of halogens is 1. The predicted octanol–water partition coefficient (Wildman–Crippen LogP) is 4.37. The topological polar surface area (TPSA) is 33.2 Å². The highest BCUT2D eigenvalue weighted by Gasteiger charge is 2.32. The van der Waals surface area contributed by atoms with Crippen LogP contribution >= 0.6 is 11.6 Å². The minimum atomic E-state index is 0.0760. The molecule has 0 aliphatic carbocycles. The normalized spacial score (nSPS) is 26.2. The van der Waals surface area contributed by atoms with Crippen molar-refractivity contribution in [2.45, 2.75) is 53.0 Å². The summed E-state index contributed by atoms with van der Waals surface area (Å²) in [7, 11) is 0. The van der Waals surface area contributed by atoms with Crippen LogP contribution in [0, 0.1) is 11.8 Å². The number of rotatable bonds is 2. The summed E-state index contributed by atoms with van der Waals surface area (Å²) in [4.78, 5) is 19.2. The Balaban J connectivity index is 2.30. The molecule has 2 heterocycles. The lowest BCUT2D eigenvalue weighted by Crippen LogP contribution is -2.48. The lowest BCUT2D eigenvalue weighted by atomic mass is 9.85. The van der Waals surface area contributed by atoms with E-state index in [0.29, 0.717) is 22.6 Å². The molecule has 0 saturated carbocycles. The predicted molar refractivity (Wildman–Crippen MR) is 86.8 cm³/mol. The first-order valence-corrected chi connectivity index (χ1v) is 8.15. The summed E-state index contributed by atoms with van der Waals surface area (Å²) in [5.74, 6) is 1.40. The summed E-state index contributed by atoms with van der Waals surface area (Å²) in [6.07, 6.45) is 1.18. The van der Waals surface area contributed by atoms with E-state index in [9.17, 15) is 4.79 Å². The van der Waals surface area contributed by atoms with Gasteiger partial charge in [0.2, 0.25) is 0 Å². The molecule has 1 aromatic rings. The number of piperidine rings is 1. The smallest absolute Gasteiger partial charge is 0.254 e. The van der Waals surface area contributed by atoms with E-state index < -0.39 is 0 Å². The Kier molecular flexibility index (Phi) is 4.92. The van der Waals surface area contributed by atoms with E-state index in [4.69, 9.17) is 11.6 Å². The van der Waals surface area contributed by atoms with Crippen LogP contribution < -0.4 is 0 Å². The first-order valence-electron chi connectivity index (χ1n) is 7.78. The minimum absolute atomic E-state index is 0.0760. The van der Waals surface area contributed by atoms with Crippen LogP contribution in [0.1, 0.15) is 63.0 Å². The number of hydrogen-bond acceptors (Lipinski definition) is 2. The van der Waals surface area contributed by atoms with Crippen LogP contribution in [0.5, 0.6) is 0 Å². The van der Waals surface area contributed by atoms with E-state index in [2.05, 4.69) is 39.6 Å². The fraction of sp³-hybridized carbons (Fsp3) is 0.647. The van der Waals surface area contributed by atoms with E-state index in [1.165, 1.54) is 6.42 Å². The standard InChI is InChI=1S/C17H25ClN2O/c1-10(2)15-7-14(8-16(18)19-15)17(21)20-9-11(3)6-12(4)13(20)5/h7-8,10-13H,6,9H2,1-5H3. The Hall–Kier alpha value is -1.09. The third kappa shape index (κ3) is 3.57. The molecule has 1 fully saturated rings. The number of hydrogen-bond donors (Lipinski definition) is 0. The third-order valence-electron chi connectivity index (χ3n) is 4.51. The van der Waals surface area contributed by atoms with Gasteiger partial charge in [-0.15, -0.1) is 0 Å². The Morgan fingerprint density at radius 3 is 2.62 bits per heavy atom. The van der Waals surface area contributed by atoms with Gasteiger partial charge in [-0.2, -0.15) is 0 Å². The number of carbonyl (C=O) groups excluding carboxylic acids is 1. The summed E-state index contributed by atoms with van der Waals surface area (Å²) >= 11 is 6.09. The highest BCUT2D eigenvalue weighted by molar-refractivity contribution is 6.29. The molecule has 1 saturated heterocycles. The van der Waals surface area contributed by atoms with Gasteiger partial charge in [0, 0.05) is 23.8 Å². The third-order valence-corrected chi connectivity index (χ3v) is 4.70. The maximum atomic E-state index is 12.9. The Morgan fingerprint density at radius 1 is 1.33 bits per heavy atom. The Morgan fingerprint density at radius 2 is 2.00 bits per heavy atom. The van der Waals surface area contributed by atoms with E-state index in [-0.39, 0.29) is 17.9 Å². The van der Waals surface area contributed by atoms with Crippen LogP contribution in [0.3, 0.4) is 0 Å². The van der Waals surface area contributed by atoms with Gasteiger partial charge in [0.05, 0.1) is 0 Å². The summed E-state index contributed by atoms with van der Waals surface area (Å²) in [5, 5.41) is 0.398. The van der Waals surface area contributed by atoms with Gasteiger partial charge in [-0.25, -0.2) is 4.98 Å². The Labute approximate surface area is 132 Å². The molecule has 1 aromatic heterocycles. The van der Waals surface area contributed by atoms with Crippen LogP contribution in [0.4, 0.5) is 0 Å². The molecule has 3 unspecified atom stereocenters. The monoisotopic (exact) mass is 308 g/mol.